The van der Waals surface area contributed by atoms with Crippen molar-refractivity contribution < 1.29 is 19.4 Å². The lowest BCUT2D eigenvalue weighted by Crippen LogP contribution is -2.47. The molecule has 0 aliphatic heterocycles. The van der Waals surface area contributed by atoms with Crippen LogP contribution in [0, 0.1) is 0 Å². The topological polar surface area (TPSA) is 100 Å². The van der Waals surface area contributed by atoms with E-state index in [4.69, 9.17) is 4.74 Å². The molecular weight excluding hydrogens is 274 g/mol. The molecule has 0 unspecified atom stereocenters. The van der Waals surface area contributed by atoms with Crippen LogP contribution in [0.2, 0.25) is 0 Å². The summed E-state index contributed by atoms with van der Waals surface area (Å²) < 4.78 is 4.94. The average Bonchev–Trinajstić information content (AvgIpc) is 2.38. The maximum Gasteiger partial charge on any atom is 0.329 e. The second-order valence-corrected chi connectivity index (χ2v) is 5.33. The van der Waals surface area contributed by atoms with Crippen LogP contribution >= 0.6 is 0 Å². The molecule has 2 amide bonds. The zero-order valence-corrected chi connectivity index (χ0v) is 12.4. The average molecular weight is 293 g/mol. The lowest BCUT2D eigenvalue weighted by molar-refractivity contribution is -0.140. The van der Waals surface area contributed by atoms with E-state index in [1.807, 2.05) is 0 Å². The summed E-state index contributed by atoms with van der Waals surface area (Å²) in [6.45, 7) is 5.30. The van der Waals surface area contributed by atoms with Gasteiger partial charge in [-0.05, 0) is 44.5 Å². The number of hydrogen-bond donors (Lipinski definition) is 3. The first kappa shape index (κ1) is 16.5. The van der Waals surface area contributed by atoms with Crippen LogP contribution in [0.25, 0.3) is 0 Å². The number of carbonyl (C=O) groups is 2. The Labute approximate surface area is 123 Å². The van der Waals surface area contributed by atoms with Crippen molar-refractivity contribution in [1.82, 2.24) is 10.7 Å². The first-order valence-electron chi connectivity index (χ1n) is 6.25. The van der Waals surface area contributed by atoms with Gasteiger partial charge in [-0.2, -0.15) is 5.10 Å². The van der Waals surface area contributed by atoms with Gasteiger partial charge >= 0.3 is 11.8 Å². The van der Waals surface area contributed by atoms with E-state index in [9.17, 15) is 14.7 Å². The first-order valence-corrected chi connectivity index (χ1v) is 6.25. The van der Waals surface area contributed by atoms with Gasteiger partial charge in [-0.3, -0.25) is 9.59 Å². The highest BCUT2D eigenvalue weighted by atomic mass is 16.5. The molecule has 0 saturated heterocycles. The molecule has 21 heavy (non-hydrogen) atoms. The van der Waals surface area contributed by atoms with Crippen molar-refractivity contribution in [2.45, 2.75) is 26.3 Å². The summed E-state index contributed by atoms with van der Waals surface area (Å²) >= 11 is 0. The molecule has 1 rings (SSSR count). The number of benzene rings is 1. The van der Waals surface area contributed by atoms with Crippen molar-refractivity contribution in [3.63, 3.8) is 0 Å². The van der Waals surface area contributed by atoms with Crippen molar-refractivity contribution in [1.29, 1.82) is 0 Å². The number of phenols is 1. The van der Waals surface area contributed by atoms with Gasteiger partial charge in [0, 0.05) is 5.54 Å². The molecular formula is C14H19N3O4. The van der Waals surface area contributed by atoms with Crippen molar-refractivity contribution in [2.24, 2.45) is 5.10 Å². The summed E-state index contributed by atoms with van der Waals surface area (Å²) in [6.07, 6.45) is 1.34. The Hall–Kier alpha value is -2.57. The van der Waals surface area contributed by atoms with Crippen LogP contribution in [0.4, 0.5) is 0 Å². The van der Waals surface area contributed by atoms with Crippen molar-refractivity contribution in [3.05, 3.63) is 23.8 Å². The largest absolute Gasteiger partial charge is 0.504 e. The quantitative estimate of drug-likeness (QED) is 0.435. The number of rotatable bonds is 3. The molecule has 0 aliphatic carbocycles. The number of hydrazone groups is 1. The molecule has 0 atom stereocenters. The van der Waals surface area contributed by atoms with Gasteiger partial charge in [-0.1, -0.05) is 0 Å². The molecule has 0 bridgehead atoms. The van der Waals surface area contributed by atoms with E-state index in [2.05, 4.69) is 15.8 Å². The van der Waals surface area contributed by atoms with Crippen LogP contribution in [0.3, 0.4) is 0 Å². The number of hydrogen-bond acceptors (Lipinski definition) is 5. The van der Waals surface area contributed by atoms with Gasteiger partial charge in [0.15, 0.2) is 11.5 Å². The zero-order chi connectivity index (χ0) is 16.0. The molecule has 3 N–H and O–H groups in total. The first-order chi connectivity index (χ1) is 9.73. The van der Waals surface area contributed by atoms with Gasteiger partial charge in [-0.25, -0.2) is 5.43 Å². The van der Waals surface area contributed by atoms with E-state index in [0.717, 1.165) is 0 Å². The lowest BCUT2D eigenvalue weighted by Gasteiger charge is -2.19. The summed E-state index contributed by atoms with van der Waals surface area (Å²) in [5.74, 6) is -1.33. The van der Waals surface area contributed by atoms with E-state index in [1.165, 1.54) is 19.4 Å². The summed E-state index contributed by atoms with van der Waals surface area (Å²) in [5, 5.41) is 15.6. The van der Waals surface area contributed by atoms with Crippen LogP contribution in [-0.4, -0.2) is 35.8 Å². The molecule has 1 aromatic carbocycles. The normalized spacial score (nSPS) is 11.2. The Morgan fingerprint density at radius 2 is 1.95 bits per heavy atom. The third kappa shape index (κ3) is 5.52. The summed E-state index contributed by atoms with van der Waals surface area (Å²) in [5.41, 5.74) is 2.22. The summed E-state index contributed by atoms with van der Waals surface area (Å²) in [4.78, 5) is 23.0. The molecule has 0 aromatic heterocycles. The van der Waals surface area contributed by atoms with E-state index in [-0.39, 0.29) is 11.5 Å². The SMILES string of the molecule is COc1cc(/C=N\NC(=O)C(=O)NC(C)(C)C)ccc1O. The Bertz CT molecular complexity index is 562. The predicted molar refractivity (Wildman–Crippen MR) is 78.3 cm³/mol. The molecule has 0 spiro atoms. The number of nitrogens with one attached hydrogen (secondary N) is 2. The van der Waals surface area contributed by atoms with Crippen molar-refractivity contribution in [3.8, 4) is 11.5 Å². The van der Waals surface area contributed by atoms with Crippen molar-refractivity contribution in [2.75, 3.05) is 7.11 Å². The van der Waals surface area contributed by atoms with E-state index < -0.39 is 17.4 Å². The second-order valence-electron chi connectivity index (χ2n) is 5.33. The molecule has 7 nitrogen and oxygen atoms in total. The molecule has 114 valence electrons. The minimum absolute atomic E-state index is 0.00300. The number of aromatic hydroxyl groups is 1. The molecule has 1 aromatic rings. The fraction of sp³-hybridized carbons (Fsp3) is 0.357. The van der Waals surface area contributed by atoms with E-state index >= 15 is 0 Å². The van der Waals surface area contributed by atoms with Crippen LogP contribution < -0.4 is 15.5 Å². The minimum atomic E-state index is -0.855. The maximum absolute atomic E-state index is 11.5. The Morgan fingerprint density at radius 3 is 2.52 bits per heavy atom. The van der Waals surface area contributed by atoms with Crippen LogP contribution in [-0.2, 0) is 9.59 Å². The Balaban J connectivity index is 2.62. The molecule has 7 heteroatoms. The van der Waals surface area contributed by atoms with Gasteiger partial charge in [-0.15, -0.1) is 0 Å². The van der Waals surface area contributed by atoms with Crippen LogP contribution in [0.15, 0.2) is 23.3 Å². The van der Waals surface area contributed by atoms with Gasteiger partial charge in [0.25, 0.3) is 0 Å². The summed E-state index contributed by atoms with van der Waals surface area (Å²) in [6, 6.07) is 4.57. The molecule has 0 heterocycles. The highest BCUT2D eigenvalue weighted by Gasteiger charge is 2.19. The maximum atomic E-state index is 11.5. The number of methoxy groups -OCH3 is 1. The molecule has 0 saturated carbocycles. The van der Waals surface area contributed by atoms with Gasteiger partial charge in [0.1, 0.15) is 0 Å². The van der Waals surface area contributed by atoms with E-state index in [1.54, 1.807) is 32.9 Å². The number of nitrogens with zero attached hydrogens (tertiary/aromatic N) is 1. The van der Waals surface area contributed by atoms with Crippen LogP contribution in [0.5, 0.6) is 11.5 Å². The second kappa shape index (κ2) is 6.74. The fourth-order valence-corrected chi connectivity index (χ4v) is 1.39. The Morgan fingerprint density at radius 1 is 1.29 bits per heavy atom. The molecule has 0 radical (unpaired) electrons. The number of ether oxygens (including phenoxy) is 1. The van der Waals surface area contributed by atoms with Gasteiger partial charge < -0.3 is 15.2 Å². The molecule has 0 fully saturated rings. The fourth-order valence-electron chi connectivity index (χ4n) is 1.39. The van der Waals surface area contributed by atoms with Crippen molar-refractivity contribution >= 4 is 18.0 Å². The van der Waals surface area contributed by atoms with Crippen LogP contribution in [0.1, 0.15) is 26.3 Å². The molecule has 0 aliphatic rings. The predicted octanol–water partition coefficient (Wildman–Crippen LogP) is 0.766. The smallest absolute Gasteiger partial charge is 0.329 e. The minimum Gasteiger partial charge on any atom is -0.504 e. The Kier molecular flexibility index (Phi) is 5.29. The third-order valence-corrected chi connectivity index (χ3v) is 2.28. The third-order valence-electron chi connectivity index (χ3n) is 2.28. The zero-order valence-electron chi connectivity index (χ0n) is 12.4. The monoisotopic (exact) mass is 293 g/mol. The number of phenolic OH excluding ortho intramolecular Hbond substituents is 1. The lowest BCUT2D eigenvalue weighted by atomic mass is 10.1. The summed E-state index contributed by atoms with van der Waals surface area (Å²) in [7, 11) is 1.43. The highest BCUT2D eigenvalue weighted by Crippen LogP contribution is 2.25. The van der Waals surface area contributed by atoms with Gasteiger partial charge in [0.05, 0.1) is 13.3 Å². The van der Waals surface area contributed by atoms with Gasteiger partial charge in [0.2, 0.25) is 0 Å². The number of amides is 2. The standard InChI is InChI=1S/C14H19N3O4/c1-14(2,3)16-12(19)13(20)17-15-8-9-5-6-10(18)11(7-9)21-4/h5-8,18H,1-4H3,(H,16,19)(H,17,20)/b15-8-. The number of carbonyl (C=O) groups excluding carboxylic acids is 2. The highest BCUT2D eigenvalue weighted by molar-refractivity contribution is 6.35. The van der Waals surface area contributed by atoms with E-state index in [0.29, 0.717) is 5.56 Å².